The number of amides is 1. The van der Waals surface area contributed by atoms with Gasteiger partial charge in [0.15, 0.2) is 0 Å². The van der Waals surface area contributed by atoms with E-state index < -0.39 is 0 Å². The summed E-state index contributed by atoms with van der Waals surface area (Å²) in [5, 5.41) is 15.8. The molecule has 3 rings (SSSR count). The molecule has 0 aliphatic heterocycles. The van der Waals surface area contributed by atoms with Crippen LogP contribution in [0, 0.1) is 25.2 Å². The summed E-state index contributed by atoms with van der Waals surface area (Å²) in [6.07, 6.45) is 0. The van der Waals surface area contributed by atoms with Gasteiger partial charge in [0, 0.05) is 16.8 Å². The number of nitrogens with zero attached hydrogens (tertiary/aromatic N) is 2. The van der Waals surface area contributed by atoms with Crippen molar-refractivity contribution in [1.29, 1.82) is 5.26 Å². The zero-order chi connectivity index (χ0) is 21.0. The molecule has 0 radical (unpaired) electrons. The van der Waals surface area contributed by atoms with Gasteiger partial charge in [0.05, 0.1) is 41.4 Å². The number of anilines is 3. The Morgan fingerprint density at radius 1 is 1.10 bits per heavy atom. The third-order valence-electron chi connectivity index (χ3n) is 4.47. The average Bonchev–Trinajstić information content (AvgIpc) is 2.72. The summed E-state index contributed by atoms with van der Waals surface area (Å²) in [4.78, 5) is 17.2. The lowest BCUT2D eigenvalue weighted by molar-refractivity contribution is 0.102. The first-order chi connectivity index (χ1) is 13.9. The van der Waals surface area contributed by atoms with E-state index in [9.17, 15) is 10.1 Å². The Bertz CT molecular complexity index is 1120. The molecular formula is C22H19ClN4O2. The average molecular weight is 407 g/mol. The Balaban J connectivity index is 1.93. The second kappa shape index (κ2) is 8.63. The van der Waals surface area contributed by atoms with Crippen LogP contribution in [0.1, 0.15) is 27.2 Å². The molecule has 0 bridgehead atoms. The van der Waals surface area contributed by atoms with E-state index in [1.807, 2.05) is 13.0 Å². The fourth-order valence-electron chi connectivity index (χ4n) is 2.82. The van der Waals surface area contributed by atoms with Crippen LogP contribution in [0.3, 0.4) is 0 Å². The fraction of sp³-hybridized carbons (Fsp3) is 0.136. The molecule has 1 amide bonds. The van der Waals surface area contributed by atoms with Gasteiger partial charge in [0.2, 0.25) is 5.88 Å². The maximum absolute atomic E-state index is 13.0. The van der Waals surface area contributed by atoms with Gasteiger partial charge in [0.1, 0.15) is 0 Å². The number of aromatic nitrogens is 1. The second-order valence-corrected chi connectivity index (χ2v) is 6.78. The van der Waals surface area contributed by atoms with Gasteiger partial charge in [-0.2, -0.15) is 5.26 Å². The van der Waals surface area contributed by atoms with E-state index in [4.69, 9.17) is 16.3 Å². The van der Waals surface area contributed by atoms with Crippen molar-refractivity contribution in [3.05, 3.63) is 75.9 Å². The number of halogens is 1. The molecule has 0 aliphatic rings. The summed E-state index contributed by atoms with van der Waals surface area (Å²) in [5.74, 6) is 0.137. The van der Waals surface area contributed by atoms with Crippen LogP contribution in [0.2, 0.25) is 5.02 Å². The smallest absolute Gasteiger partial charge is 0.257 e. The number of carbonyl (C=O) groups is 1. The number of hydrogen-bond acceptors (Lipinski definition) is 5. The number of carbonyl (C=O) groups excluding carboxylic acids is 1. The minimum absolute atomic E-state index is 0.334. The minimum atomic E-state index is -0.334. The van der Waals surface area contributed by atoms with Crippen LogP contribution >= 0.6 is 11.6 Å². The fourth-order valence-corrected chi connectivity index (χ4v) is 3.00. The van der Waals surface area contributed by atoms with Gasteiger partial charge in [-0.25, -0.2) is 4.98 Å². The number of hydrogen-bond donors (Lipinski definition) is 2. The molecule has 2 aromatic carbocycles. The number of benzene rings is 2. The van der Waals surface area contributed by atoms with Crippen molar-refractivity contribution in [2.45, 2.75) is 13.8 Å². The summed E-state index contributed by atoms with van der Waals surface area (Å²) in [6, 6.07) is 16.0. The van der Waals surface area contributed by atoms with Crippen LogP contribution in [0.5, 0.6) is 5.88 Å². The van der Waals surface area contributed by atoms with Crippen LogP contribution in [0.4, 0.5) is 17.1 Å². The first-order valence-corrected chi connectivity index (χ1v) is 9.20. The van der Waals surface area contributed by atoms with Gasteiger partial charge >= 0.3 is 0 Å². The molecule has 0 saturated carbocycles. The number of aryl methyl sites for hydroxylation is 1. The predicted molar refractivity (Wildman–Crippen MR) is 114 cm³/mol. The quantitative estimate of drug-likeness (QED) is 0.605. The molecule has 1 aromatic heterocycles. The third kappa shape index (κ3) is 4.48. The Morgan fingerprint density at radius 2 is 1.86 bits per heavy atom. The summed E-state index contributed by atoms with van der Waals surface area (Å²) in [7, 11) is 1.53. The van der Waals surface area contributed by atoms with Gasteiger partial charge in [-0.05, 0) is 55.8 Å². The molecule has 146 valence electrons. The molecule has 3 aromatic rings. The zero-order valence-corrected chi connectivity index (χ0v) is 17.0. The molecule has 0 spiro atoms. The molecule has 29 heavy (non-hydrogen) atoms. The van der Waals surface area contributed by atoms with E-state index in [2.05, 4.69) is 21.7 Å². The molecule has 0 saturated heterocycles. The van der Waals surface area contributed by atoms with E-state index in [1.54, 1.807) is 49.4 Å². The summed E-state index contributed by atoms with van der Waals surface area (Å²) in [5.41, 5.74) is 4.25. The molecule has 1 heterocycles. The second-order valence-electron chi connectivity index (χ2n) is 6.35. The topological polar surface area (TPSA) is 87.0 Å². The van der Waals surface area contributed by atoms with Crippen molar-refractivity contribution in [3.8, 4) is 11.9 Å². The lowest BCUT2D eigenvalue weighted by Crippen LogP contribution is -2.15. The highest BCUT2D eigenvalue weighted by molar-refractivity contribution is 6.31. The molecule has 0 fully saturated rings. The first-order valence-electron chi connectivity index (χ1n) is 8.82. The monoisotopic (exact) mass is 406 g/mol. The van der Waals surface area contributed by atoms with Crippen molar-refractivity contribution in [3.63, 3.8) is 0 Å². The highest BCUT2D eigenvalue weighted by Gasteiger charge is 2.15. The molecule has 0 aliphatic carbocycles. The predicted octanol–water partition coefficient (Wildman–Crippen LogP) is 5.23. The molecular weight excluding hydrogens is 388 g/mol. The van der Waals surface area contributed by atoms with Gasteiger partial charge in [-0.3, -0.25) is 4.79 Å². The van der Waals surface area contributed by atoms with Gasteiger partial charge < -0.3 is 15.4 Å². The third-order valence-corrected chi connectivity index (χ3v) is 4.70. The molecule has 6 nitrogen and oxygen atoms in total. The molecule has 7 heteroatoms. The van der Waals surface area contributed by atoms with Crippen LogP contribution < -0.4 is 15.4 Å². The van der Waals surface area contributed by atoms with Crippen LogP contribution in [-0.2, 0) is 0 Å². The molecule has 0 unspecified atom stereocenters. The largest absolute Gasteiger partial charge is 0.481 e. The van der Waals surface area contributed by atoms with Crippen LogP contribution in [-0.4, -0.2) is 18.0 Å². The van der Waals surface area contributed by atoms with E-state index in [0.29, 0.717) is 39.1 Å². The number of ether oxygens (including phenoxy) is 1. The van der Waals surface area contributed by atoms with Crippen LogP contribution in [0.15, 0.2) is 48.5 Å². The van der Waals surface area contributed by atoms with Crippen LogP contribution in [0.25, 0.3) is 0 Å². The van der Waals surface area contributed by atoms with E-state index in [1.165, 1.54) is 7.11 Å². The van der Waals surface area contributed by atoms with Crippen molar-refractivity contribution in [1.82, 2.24) is 4.98 Å². The number of methoxy groups -OCH3 is 1. The van der Waals surface area contributed by atoms with Crippen molar-refractivity contribution in [2.24, 2.45) is 0 Å². The Morgan fingerprint density at radius 3 is 2.55 bits per heavy atom. The van der Waals surface area contributed by atoms with Crippen molar-refractivity contribution >= 4 is 34.6 Å². The van der Waals surface area contributed by atoms with Gasteiger partial charge in [0.25, 0.3) is 5.91 Å². The maximum Gasteiger partial charge on any atom is 0.257 e. The lowest BCUT2D eigenvalue weighted by atomic mass is 10.1. The van der Waals surface area contributed by atoms with Crippen molar-refractivity contribution in [2.75, 3.05) is 17.7 Å². The summed E-state index contributed by atoms with van der Waals surface area (Å²) in [6.45, 7) is 3.63. The van der Waals surface area contributed by atoms with Gasteiger partial charge in [-0.15, -0.1) is 0 Å². The highest BCUT2D eigenvalue weighted by atomic mass is 35.5. The maximum atomic E-state index is 13.0. The summed E-state index contributed by atoms with van der Waals surface area (Å²) >= 11 is 6.14. The highest BCUT2D eigenvalue weighted by Crippen LogP contribution is 2.28. The molecule has 2 N–H and O–H groups in total. The SMILES string of the molecule is COc1ccc(NC(=O)c2cc(Cl)ccc2Nc2cccc(C#N)c2C)c(C)n1. The zero-order valence-electron chi connectivity index (χ0n) is 16.2. The Kier molecular flexibility index (Phi) is 6.01. The number of rotatable bonds is 5. The number of nitrogens with one attached hydrogen (secondary N) is 2. The van der Waals surface area contributed by atoms with E-state index in [0.717, 1.165) is 11.3 Å². The first kappa shape index (κ1) is 20.2. The molecule has 0 atom stereocenters. The lowest BCUT2D eigenvalue weighted by Gasteiger charge is -2.15. The minimum Gasteiger partial charge on any atom is -0.481 e. The van der Waals surface area contributed by atoms with E-state index in [-0.39, 0.29) is 5.91 Å². The Labute approximate surface area is 174 Å². The number of pyridine rings is 1. The normalized spacial score (nSPS) is 10.2. The van der Waals surface area contributed by atoms with Crippen molar-refractivity contribution < 1.29 is 9.53 Å². The summed E-state index contributed by atoms with van der Waals surface area (Å²) < 4.78 is 5.10. The van der Waals surface area contributed by atoms with E-state index >= 15 is 0 Å². The van der Waals surface area contributed by atoms with Gasteiger partial charge in [-0.1, -0.05) is 17.7 Å². The Hall–Kier alpha value is -3.56. The number of nitriles is 1. The standard InChI is InChI=1S/C22H19ClN4O2/c1-13-15(12-24)5-4-6-18(13)26-20-8-7-16(23)11-17(20)22(28)27-19-9-10-21(29-3)25-14(19)2/h4-11,26H,1-3H3,(H,27,28).